The van der Waals surface area contributed by atoms with Gasteiger partial charge in [-0.3, -0.25) is 4.98 Å². The summed E-state index contributed by atoms with van der Waals surface area (Å²) in [5, 5.41) is 38.9. The Morgan fingerprint density at radius 1 is 1.07 bits per heavy atom. The van der Waals surface area contributed by atoms with E-state index in [2.05, 4.69) is 9.97 Å². The number of hydrogen-bond donors (Lipinski definition) is 4. The Kier molecular flexibility index (Phi) is 6.05. The van der Waals surface area contributed by atoms with Crippen LogP contribution in [-0.2, 0) is 10.9 Å². The van der Waals surface area contributed by atoms with Crippen molar-refractivity contribution in [2.45, 2.75) is 43.8 Å². The fourth-order valence-electron chi connectivity index (χ4n) is 2.85. The summed E-state index contributed by atoms with van der Waals surface area (Å²) in [6.45, 7) is 1.07. The molecule has 0 radical (unpaired) electrons. The number of alkyl halides is 3. The summed E-state index contributed by atoms with van der Waals surface area (Å²) in [7, 11) is 0. The Morgan fingerprint density at radius 2 is 1.79 bits per heavy atom. The number of rotatable bonds is 4. The molecular formula is C18H19F3N2O6. The molecule has 1 saturated heterocycles. The lowest BCUT2D eigenvalue weighted by Crippen LogP contribution is -2.60. The van der Waals surface area contributed by atoms with Crippen molar-refractivity contribution in [2.24, 2.45) is 0 Å². The standard InChI is InChI=1S/C18H19F3N2O6/c1-8-4-9(10-5-23-13(6-22-10)18(19,20)21)2-3-11(8)28-17-16(27)15(26)14(25)12(7-24)29-17/h2-6,12,14-17,24-27H,7H2,1H3/t12-,14-,15?,16?,17+/m1/s1. The highest BCUT2D eigenvalue weighted by Crippen LogP contribution is 2.30. The third-order valence-corrected chi connectivity index (χ3v) is 4.50. The van der Waals surface area contributed by atoms with Crippen molar-refractivity contribution in [2.75, 3.05) is 6.61 Å². The molecule has 5 atom stereocenters. The molecule has 1 aliphatic heterocycles. The molecule has 0 saturated carbocycles. The van der Waals surface area contributed by atoms with Crippen LogP contribution in [0, 0.1) is 6.92 Å². The highest BCUT2D eigenvalue weighted by Gasteiger charge is 2.44. The lowest BCUT2D eigenvalue weighted by Gasteiger charge is -2.39. The molecule has 1 aromatic carbocycles. The zero-order valence-electron chi connectivity index (χ0n) is 15.1. The predicted molar refractivity (Wildman–Crippen MR) is 91.6 cm³/mol. The van der Waals surface area contributed by atoms with Gasteiger partial charge in [0.2, 0.25) is 6.29 Å². The summed E-state index contributed by atoms with van der Waals surface area (Å²) in [6, 6.07) is 4.62. The molecule has 3 rings (SSSR count). The second-order valence-electron chi connectivity index (χ2n) is 6.58. The average molecular weight is 416 g/mol. The Hall–Kier alpha value is -2.31. The number of aromatic nitrogens is 2. The van der Waals surface area contributed by atoms with Gasteiger partial charge in [0.05, 0.1) is 24.7 Å². The SMILES string of the molecule is Cc1cc(-c2cnc(C(F)(F)F)cn2)ccc1O[C@H]1O[C@H](CO)[C@@H](O)C(O)C1O. The van der Waals surface area contributed by atoms with Gasteiger partial charge in [-0.2, -0.15) is 13.2 Å². The monoisotopic (exact) mass is 416 g/mol. The first kappa shape index (κ1) is 21.4. The van der Waals surface area contributed by atoms with Crippen molar-refractivity contribution in [1.82, 2.24) is 9.97 Å². The molecule has 2 heterocycles. The predicted octanol–water partition coefficient (Wildman–Crippen LogP) is 0.650. The highest BCUT2D eigenvalue weighted by atomic mass is 19.4. The molecule has 8 nitrogen and oxygen atoms in total. The Bertz CT molecular complexity index is 846. The molecule has 11 heteroatoms. The van der Waals surface area contributed by atoms with Crippen molar-refractivity contribution < 1.29 is 43.1 Å². The smallest absolute Gasteiger partial charge is 0.434 e. The second kappa shape index (κ2) is 8.20. The highest BCUT2D eigenvalue weighted by molar-refractivity contribution is 5.61. The first-order chi connectivity index (χ1) is 13.6. The van der Waals surface area contributed by atoms with Gasteiger partial charge in [-0.15, -0.1) is 0 Å². The van der Waals surface area contributed by atoms with Gasteiger partial charge >= 0.3 is 6.18 Å². The second-order valence-corrected chi connectivity index (χ2v) is 6.58. The lowest BCUT2D eigenvalue weighted by molar-refractivity contribution is -0.277. The van der Waals surface area contributed by atoms with Gasteiger partial charge in [-0.1, -0.05) is 0 Å². The van der Waals surface area contributed by atoms with Crippen LogP contribution in [0.25, 0.3) is 11.3 Å². The van der Waals surface area contributed by atoms with E-state index in [0.717, 1.165) is 6.20 Å². The number of nitrogens with zero attached hydrogens (tertiary/aromatic N) is 2. The van der Waals surface area contributed by atoms with E-state index in [-0.39, 0.29) is 11.4 Å². The van der Waals surface area contributed by atoms with Gasteiger partial charge in [-0.05, 0) is 30.7 Å². The Labute approximate surface area is 163 Å². The number of aryl methyl sites for hydroxylation is 1. The van der Waals surface area contributed by atoms with Gasteiger partial charge in [0, 0.05) is 5.56 Å². The molecule has 2 unspecified atom stereocenters. The van der Waals surface area contributed by atoms with Gasteiger partial charge in [0.15, 0.2) is 5.69 Å². The first-order valence-electron chi connectivity index (χ1n) is 8.59. The summed E-state index contributed by atoms with van der Waals surface area (Å²) in [5.41, 5.74) is 0.159. The number of halogens is 3. The van der Waals surface area contributed by atoms with E-state index in [1.165, 1.54) is 12.1 Å². The normalized spacial score (nSPS) is 27.7. The van der Waals surface area contributed by atoms with Crippen molar-refractivity contribution >= 4 is 0 Å². The zero-order valence-corrected chi connectivity index (χ0v) is 15.1. The van der Waals surface area contributed by atoms with E-state index in [0.29, 0.717) is 17.3 Å². The van der Waals surface area contributed by atoms with E-state index >= 15 is 0 Å². The van der Waals surface area contributed by atoms with Crippen LogP contribution in [0.15, 0.2) is 30.6 Å². The van der Waals surface area contributed by atoms with Crippen LogP contribution >= 0.6 is 0 Å². The van der Waals surface area contributed by atoms with Gasteiger partial charge in [0.25, 0.3) is 0 Å². The fraction of sp³-hybridized carbons (Fsp3) is 0.444. The molecule has 4 N–H and O–H groups in total. The van der Waals surface area contributed by atoms with Crippen LogP contribution < -0.4 is 4.74 Å². The number of aliphatic hydroxyl groups excluding tert-OH is 4. The average Bonchev–Trinajstić information content (AvgIpc) is 2.69. The number of benzene rings is 1. The quantitative estimate of drug-likeness (QED) is 0.573. The molecular weight excluding hydrogens is 397 g/mol. The van der Waals surface area contributed by atoms with Gasteiger partial charge < -0.3 is 29.9 Å². The van der Waals surface area contributed by atoms with E-state index in [1.807, 2.05) is 0 Å². The van der Waals surface area contributed by atoms with Crippen molar-refractivity contribution in [3.63, 3.8) is 0 Å². The maximum atomic E-state index is 12.6. The van der Waals surface area contributed by atoms with Crippen LogP contribution in [0.5, 0.6) is 5.75 Å². The molecule has 2 aromatic rings. The fourth-order valence-corrected chi connectivity index (χ4v) is 2.85. The molecule has 0 spiro atoms. The number of aliphatic hydroxyl groups is 4. The Morgan fingerprint density at radius 3 is 2.34 bits per heavy atom. The molecule has 1 fully saturated rings. The zero-order chi connectivity index (χ0) is 21.3. The third-order valence-electron chi connectivity index (χ3n) is 4.50. The summed E-state index contributed by atoms with van der Waals surface area (Å²) < 4.78 is 48.6. The van der Waals surface area contributed by atoms with Crippen LogP contribution in [0.2, 0.25) is 0 Å². The molecule has 29 heavy (non-hydrogen) atoms. The summed E-state index contributed by atoms with van der Waals surface area (Å²) >= 11 is 0. The van der Waals surface area contributed by atoms with Gasteiger partial charge in [-0.25, -0.2) is 4.98 Å². The first-order valence-corrected chi connectivity index (χ1v) is 8.59. The number of hydrogen-bond acceptors (Lipinski definition) is 8. The minimum absolute atomic E-state index is 0.223. The lowest BCUT2D eigenvalue weighted by atomic mass is 9.99. The molecule has 0 amide bonds. The summed E-state index contributed by atoms with van der Waals surface area (Å²) in [4.78, 5) is 7.14. The van der Waals surface area contributed by atoms with Gasteiger partial charge in [0.1, 0.15) is 30.2 Å². The van der Waals surface area contributed by atoms with Crippen LogP contribution in [0.4, 0.5) is 13.2 Å². The largest absolute Gasteiger partial charge is 0.462 e. The van der Waals surface area contributed by atoms with E-state index in [9.17, 15) is 33.6 Å². The molecule has 1 aliphatic rings. The topological polar surface area (TPSA) is 125 Å². The summed E-state index contributed by atoms with van der Waals surface area (Å²) in [6.07, 6.45) is -10.0. The maximum absolute atomic E-state index is 12.6. The van der Waals surface area contributed by atoms with Crippen LogP contribution in [0.3, 0.4) is 0 Å². The number of ether oxygens (including phenoxy) is 2. The van der Waals surface area contributed by atoms with Crippen molar-refractivity contribution in [1.29, 1.82) is 0 Å². The van der Waals surface area contributed by atoms with E-state index < -0.39 is 49.2 Å². The minimum atomic E-state index is -4.58. The molecule has 1 aromatic heterocycles. The molecule has 158 valence electrons. The van der Waals surface area contributed by atoms with Crippen molar-refractivity contribution in [3.8, 4) is 17.0 Å². The van der Waals surface area contributed by atoms with Crippen LogP contribution in [-0.4, -0.2) is 67.7 Å². The van der Waals surface area contributed by atoms with E-state index in [4.69, 9.17) is 9.47 Å². The molecule has 0 aliphatic carbocycles. The minimum Gasteiger partial charge on any atom is -0.462 e. The maximum Gasteiger partial charge on any atom is 0.434 e. The molecule has 0 bridgehead atoms. The summed E-state index contributed by atoms with van der Waals surface area (Å²) in [5.74, 6) is 0.262. The third kappa shape index (κ3) is 4.49. The van der Waals surface area contributed by atoms with Crippen LogP contribution in [0.1, 0.15) is 11.3 Å². The van der Waals surface area contributed by atoms with E-state index in [1.54, 1.807) is 13.0 Å². The Balaban J connectivity index is 1.78. The van der Waals surface area contributed by atoms with Crippen molar-refractivity contribution in [3.05, 3.63) is 41.9 Å².